The van der Waals surface area contributed by atoms with Gasteiger partial charge in [0, 0.05) is 5.56 Å². The summed E-state index contributed by atoms with van der Waals surface area (Å²) in [7, 11) is -2.06. The molecule has 0 unspecified atom stereocenters. The van der Waals surface area contributed by atoms with Crippen LogP contribution in [0.5, 0.6) is 5.75 Å². The molecule has 0 fully saturated rings. The highest BCUT2D eigenvalue weighted by atomic mass is 32.2. The number of nitrogens with zero attached hydrogens (tertiary/aromatic N) is 2. The fraction of sp³-hybridized carbons (Fsp3) is 0.300. The van der Waals surface area contributed by atoms with Crippen molar-refractivity contribution in [3.63, 3.8) is 0 Å². The molecule has 1 aliphatic rings. The molecule has 0 saturated heterocycles. The van der Waals surface area contributed by atoms with E-state index in [-0.39, 0.29) is 17.3 Å². The van der Waals surface area contributed by atoms with Crippen LogP contribution in [0, 0.1) is 0 Å². The molecular formula is C20H21N3O4S. The molecule has 0 aliphatic heterocycles. The SMILES string of the molecule is COc1ccc(-c2nnc(CNS(=O)(=O)c3ccc4c(c3)CCCC4)o2)cc1. The van der Waals surface area contributed by atoms with Crippen molar-refractivity contribution in [2.45, 2.75) is 37.1 Å². The van der Waals surface area contributed by atoms with E-state index in [1.165, 1.54) is 5.56 Å². The van der Waals surface area contributed by atoms with Crippen LogP contribution in [0.3, 0.4) is 0 Å². The van der Waals surface area contributed by atoms with Crippen LogP contribution in [-0.4, -0.2) is 25.7 Å². The Kier molecular flexibility index (Phi) is 5.15. The standard InChI is InChI=1S/C20H21N3O4S/c1-26-17-9-6-15(7-10-17)20-23-22-19(27-20)13-21-28(24,25)18-11-8-14-4-2-3-5-16(14)12-18/h6-12,21H,2-5,13H2,1H3. The van der Waals surface area contributed by atoms with E-state index >= 15 is 0 Å². The summed E-state index contributed by atoms with van der Waals surface area (Å²) in [5, 5.41) is 7.91. The predicted octanol–water partition coefficient (Wildman–Crippen LogP) is 3.10. The Morgan fingerprint density at radius 1 is 1.04 bits per heavy atom. The number of nitrogens with one attached hydrogen (secondary N) is 1. The van der Waals surface area contributed by atoms with Crippen LogP contribution in [-0.2, 0) is 29.4 Å². The second kappa shape index (κ2) is 7.73. The summed E-state index contributed by atoms with van der Waals surface area (Å²) in [5.41, 5.74) is 3.09. The van der Waals surface area contributed by atoms with Crippen LogP contribution >= 0.6 is 0 Å². The monoisotopic (exact) mass is 399 g/mol. The molecule has 0 radical (unpaired) electrons. The molecule has 28 heavy (non-hydrogen) atoms. The fourth-order valence-corrected chi connectivity index (χ4v) is 4.32. The smallest absolute Gasteiger partial charge is 0.247 e. The Morgan fingerprint density at radius 3 is 2.54 bits per heavy atom. The van der Waals surface area contributed by atoms with Gasteiger partial charge in [-0.3, -0.25) is 0 Å². The first-order valence-corrected chi connectivity index (χ1v) is 10.6. The molecule has 4 rings (SSSR count). The molecule has 7 nitrogen and oxygen atoms in total. The molecule has 1 aromatic heterocycles. The lowest BCUT2D eigenvalue weighted by Gasteiger charge is -2.16. The van der Waals surface area contributed by atoms with E-state index in [4.69, 9.17) is 9.15 Å². The quantitative estimate of drug-likeness (QED) is 0.684. The molecule has 0 spiro atoms. The van der Waals surface area contributed by atoms with E-state index in [0.29, 0.717) is 5.89 Å². The van der Waals surface area contributed by atoms with Gasteiger partial charge in [0.1, 0.15) is 5.75 Å². The normalized spacial score (nSPS) is 13.9. The van der Waals surface area contributed by atoms with Gasteiger partial charge >= 0.3 is 0 Å². The van der Waals surface area contributed by atoms with E-state index in [1.54, 1.807) is 43.5 Å². The molecule has 1 N–H and O–H groups in total. The largest absolute Gasteiger partial charge is 0.497 e. The lowest BCUT2D eigenvalue weighted by atomic mass is 9.92. The van der Waals surface area contributed by atoms with Crippen LogP contribution in [0.4, 0.5) is 0 Å². The van der Waals surface area contributed by atoms with Gasteiger partial charge in [-0.2, -0.15) is 0 Å². The van der Waals surface area contributed by atoms with Gasteiger partial charge in [0.2, 0.25) is 21.8 Å². The van der Waals surface area contributed by atoms with Crippen LogP contribution in [0.25, 0.3) is 11.5 Å². The summed E-state index contributed by atoms with van der Waals surface area (Å²) in [4.78, 5) is 0.267. The summed E-state index contributed by atoms with van der Waals surface area (Å²) in [6.07, 6.45) is 4.19. The maximum atomic E-state index is 12.6. The Hall–Kier alpha value is -2.71. The van der Waals surface area contributed by atoms with Gasteiger partial charge in [-0.1, -0.05) is 6.07 Å². The zero-order valence-corrected chi connectivity index (χ0v) is 16.3. The van der Waals surface area contributed by atoms with Gasteiger partial charge in [0.25, 0.3) is 0 Å². The van der Waals surface area contributed by atoms with Crippen molar-refractivity contribution >= 4 is 10.0 Å². The molecule has 0 bridgehead atoms. The highest BCUT2D eigenvalue weighted by Crippen LogP contribution is 2.24. The summed E-state index contributed by atoms with van der Waals surface area (Å²) >= 11 is 0. The minimum Gasteiger partial charge on any atom is -0.497 e. The lowest BCUT2D eigenvalue weighted by Crippen LogP contribution is -2.23. The third-order valence-corrected chi connectivity index (χ3v) is 6.25. The van der Waals surface area contributed by atoms with Crippen molar-refractivity contribution in [3.05, 3.63) is 59.5 Å². The van der Waals surface area contributed by atoms with Crippen LogP contribution < -0.4 is 9.46 Å². The van der Waals surface area contributed by atoms with Gasteiger partial charge in [-0.25, -0.2) is 13.1 Å². The Labute approximate surface area is 163 Å². The molecule has 146 valence electrons. The van der Waals surface area contributed by atoms with Gasteiger partial charge in [0.05, 0.1) is 18.6 Å². The molecule has 2 aromatic carbocycles. The molecule has 8 heteroatoms. The molecule has 0 atom stereocenters. The van der Waals surface area contributed by atoms with Crippen molar-refractivity contribution in [1.29, 1.82) is 0 Å². The number of ether oxygens (including phenoxy) is 1. The highest BCUT2D eigenvalue weighted by molar-refractivity contribution is 7.89. The molecule has 0 amide bonds. The zero-order valence-electron chi connectivity index (χ0n) is 15.5. The Balaban J connectivity index is 1.46. The van der Waals surface area contributed by atoms with Crippen LogP contribution in [0.1, 0.15) is 29.9 Å². The van der Waals surface area contributed by atoms with Crippen molar-refractivity contribution in [2.24, 2.45) is 0 Å². The van der Waals surface area contributed by atoms with Crippen molar-refractivity contribution < 1.29 is 17.6 Å². The highest BCUT2D eigenvalue weighted by Gasteiger charge is 2.19. The molecule has 1 aliphatic carbocycles. The van der Waals surface area contributed by atoms with E-state index in [9.17, 15) is 8.42 Å². The van der Waals surface area contributed by atoms with Crippen LogP contribution in [0.2, 0.25) is 0 Å². The van der Waals surface area contributed by atoms with Gasteiger partial charge in [-0.05, 0) is 73.2 Å². The Bertz CT molecular complexity index is 1080. The van der Waals surface area contributed by atoms with E-state index < -0.39 is 10.0 Å². The van der Waals surface area contributed by atoms with Crippen molar-refractivity contribution in [2.75, 3.05) is 7.11 Å². The lowest BCUT2D eigenvalue weighted by molar-refractivity contribution is 0.415. The van der Waals surface area contributed by atoms with E-state index in [0.717, 1.165) is 42.6 Å². The van der Waals surface area contributed by atoms with Gasteiger partial charge in [-0.15, -0.1) is 10.2 Å². The van der Waals surface area contributed by atoms with E-state index in [2.05, 4.69) is 14.9 Å². The number of aryl methyl sites for hydroxylation is 2. The van der Waals surface area contributed by atoms with E-state index in [1.807, 2.05) is 6.07 Å². The number of aromatic nitrogens is 2. The second-order valence-electron chi connectivity index (χ2n) is 6.69. The third-order valence-electron chi connectivity index (χ3n) is 4.85. The second-order valence-corrected chi connectivity index (χ2v) is 8.46. The first kappa shape index (κ1) is 18.6. The number of rotatable bonds is 6. The van der Waals surface area contributed by atoms with Crippen molar-refractivity contribution in [1.82, 2.24) is 14.9 Å². The maximum absolute atomic E-state index is 12.6. The van der Waals surface area contributed by atoms with Crippen molar-refractivity contribution in [3.8, 4) is 17.2 Å². The first-order valence-electron chi connectivity index (χ1n) is 9.13. The minimum atomic E-state index is -3.65. The molecule has 1 heterocycles. The number of hydrogen-bond donors (Lipinski definition) is 1. The summed E-state index contributed by atoms with van der Waals surface area (Å²) < 4.78 is 38.5. The minimum absolute atomic E-state index is 0.0669. The fourth-order valence-electron chi connectivity index (χ4n) is 3.29. The number of fused-ring (bicyclic) bond motifs is 1. The summed E-state index contributed by atoms with van der Waals surface area (Å²) in [6.45, 7) is -0.0669. The zero-order chi connectivity index (χ0) is 19.6. The third kappa shape index (κ3) is 3.93. The first-order chi connectivity index (χ1) is 13.5. The van der Waals surface area contributed by atoms with Gasteiger partial charge in [0.15, 0.2) is 0 Å². The molecular weight excluding hydrogens is 378 g/mol. The molecule has 0 saturated carbocycles. The number of sulfonamides is 1. The maximum Gasteiger partial charge on any atom is 0.247 e. The molecule has 3 aromatic rings. The topological polar surface area (TPSA) is 94.3 Å². The predicted molar refractivity (Wildman–Crippen MR) is 103 cm³/mol. The summed E-state index contributed by atoms with van der Waals surface area (Å²) in [5.74, 6) is 1.25. The van der Waals surface area contributed by atoms with Crippen LogP contribution in [0.15, 0.2) is 51.8 Å². The number of methoxy groups -OCH3 is 1. The Morgan fingerprint density at radius 2 is 1.79 bits per heavy atom. The number of hydrogen-bond acceptors (Lipinski definition) is 6. The number of benzene rings is 2. The summed E-state index contributed by atoms with van der Waals surface area (Å²) in [6, 6.07) is 12.5. The average Bonchev–Trinajstić information content (AvgIpc) is 3.21. The average molecular weight is 399 g/mol. The van der Waals surface area contributed by atoms with Gasteiger partial charge < -0.3 is 9.15 Å².